The van der Waals surface area contributed by atoms with E-state index in [1.165, 1.54) is 11.1 Å². The summed E-state index contributed by atoms with van der Waals surface area (Å²) in [6, 6.07) is 6.48. The molecule has 2 aliphatic rings. The molecule has 0 spiro atoms. The molecule has 1 fully saturated rings. The smallest absolute Gasteiger partial charge is 0.115 e. The average molecular weight is 346 g/mol. The molecule has 1 saturated heterocycles. The number of nitrogens with zero attached hydrogens (tertiary/aromatic N) is 1. The molecular weight excluding hydrogens is 310 g/mol. The summed E-state index contributed by atoms with van der Waals surface area (Å²) in [5.74, 6) is 0.916. The standard InChI is InChI=1S/C22H35NO2/c1-5-6-10-21(2,25)11-9-18-20-14-16-7-8-17(24)15-19(16)22(18,3)12-13-23(20)4/h7-8,15,18,20,24-25H,5-6,9-14H2,1-4H3/t18-,20-,21?,22+/m1/s1. The van der Waals surface area contributed by atoms with Crippen molar-refractivity contribution >= 4 is 0 Å². The molecule has 1 aromatic carbocycles. The molecule has 2 bridgehead atoms. The summed E-state index contributed by atoms with van der Waals surface area (Å²) in [7, 11) is 2.25. The number of phenols is 1. The van der Waals surface area contributed by atoms with Crippen molar-refractivity contribution in [2.75, 3.05) is 13.6 Å². The Labute approximate surface area is 153 Å². The summed E-state index contributed by atoms with van der Waals surface area (Å²) in [6.07, 6.45) is 7.22. The number of fused-ring (bicyclic) bond motifs is 4. The maximum Gasteiger partial charge on any atom is 0.115 e. The largest absolute Gasteiger partial charge is 0.508 e. The molecule has 140 valence electrons. The van der Waals surface area contributed by atoms with E-state index in [0.717, 1.165) is 51.5 Å². The number of likely N-dealkylation sites (N-methyl/N-ethyl adjacent to an activating group) is 1. The molecule has 1 heterocycles. The zero-order valence-corrected chi connectivity index (χ0v) is 16.4. The van der Waals surface area contributed by atoms with Crippen LogP contribution < -0.4 is 0 Å². The molecule has 2 N–H and O–H groups in total. The number of piperidine rings is 1. The monoisotopic (exact) mass is 345 g/mol. The topological polar surface area (TPSA) is 43.7 Å². The van der Waals surface area contributed by atoms with Gasteiger partial charge in [-0.25, -0.2) is 0 Å². The van der Waals surface area contributed by atoms with Crippen LogP contribution in [-0.2, 0) is 11.8 Å². The first kappa shape index (κ1) is 18.7. The van der Waals surface area contributed by atoms with E-state index in [2.05, 4.69) is 31.9 Å². The Morgan fingerprint density at radius 1 is 1.32 bits per heavy atom. The highest BCUT2D eigenvalue weighted by atomic mass is 16.3. The van der Waals surface area contributed by atoms with Crippen molar-refractivity contribution in [1.82, 2.24) is 4.90 Å². The Bertz CT molecular complexity index is 612. The Hall–Kier alpha value is -1.06. The van der Waals surface area contributed by atoms with E-state index in [4.69, 9.17) is 0 Å². The highest BCUT2D eigenvalue weighted by Crippen LogP contribution is 2.51. The molecule has 0 radical (unpaired) electrons. The van der Waals surface area contributed by atoms with Crippen LogP contribution in [0.1, 0.15) is 70.4 Å². The van der Waals surface area contributed by atoms with Crippen LogP contribution in [0.4, 0.5) is 0 Å². The molecular formula is C22H35NO2. The van der Waals surface area contributed by atoms with Crippen molar-refractivity contribution in [3.8, 4) is 5.75 Å². The maximum absolute atomic E-state index is 10.8. The second-order valence-corrected chi connectivity index (χ2v) is 9.01. The van der Waals surface area contributed by atoms with E-state index in [1.54, 1.807) is 0 Å². The molecule has 4 atom stereocenters. The molecule has 1 unspecified atom stereocenters. The minimum absolute atomic E-state index is 0.102. The fraction of sp³-hybridized carbons (Fsp3) is 0.727. The van der Waals surface area contributed by atoms with Crippen molar-refractivity contribution in [3.63, 3.8) is 0 Å². The third-order valence-electron chi connectivity index (χ3n) is 7.03. The van der Waals surface area contributed by atoms with Gasteiger partial charge in [0.1, 0.15) is 5.75 Å². The minimum Gasteiger partial charge on any atom is -0.508 e. The molecule has 0 saturated carbocycles. The summed E-state index contributed by atoms with van der Waals surface area (Å²) in [6.45, 7) is 7.68. The molecule has 3 heteroatoms. The number of aromatic hydroxyl groups is 1. The zero-order valence-electron chi connectivity index (χ0n) is 16.4. The van der Waals surface area contributed by atoms with Crippen molar-refractivity contribution < 1.29 is 10.2 Å². The number of unbranched alkanes of at least 4 members (excludes halogenated alkanes) is 1. The predicted molar refractivity (Wildman–Crippen MR) is 103 cm³/mol. The average Bonchev–Trinajstić information content (AvgIpc) is 2.56. The number of phenolic OH excluding ortho intramolecular Hbond substituents is 1. The van der Waals surface area contributed by atoms with E-state index in [9.17, 15) is 10.2 Å². The van der Waals surface area contributed by atoms with Crippen LogP contribution in [0.5, 0.6) is 5.75 Å². The van der Waals surface area contributed by atoms with Crippen LogP contribution in [-0.4, -0.2) is 40.3 Å². The fourth-order valence-corrected chi connectivity index (χ4v) is 5.28. The predicted octanol–water partition coefficient (Wildman–Crippen LogP) is 4.25. The van der Waals surface area contributed by atoms with E-state index in [-0.39, 0.29) is 5.41 Å². The third-order valence-corrected chi connectivity index (χ3v) is 7.03. The zero-order chi connectivity index (χ0) is 18.2. The van der Waals surface area contributed by atoms with E-state index < -0.39 is 5.60 Å². The first-order valence-electron chi connectivity index (χ1n) is 10.0. The molecule has 1 aromatic rings. The Morgan fingerprint density at radius 3 is 2.80 bits per heavy atom. The van der Waals surface area contributed by atoms with E-state index >= 15 is 0 Å². The van der Waals surface area contributed by atoms with Gasteiger partial charge < -0.3 is 15.1 Å². The van der Waals surface area contributed by atoms with Crippen LogP contribution in [0.15, 0.2) is 18.2 Å². The summed E-state index contributed by atoms with van der Waals surface area (Å²) in [5, 5.41) is 20.8. The lowest BCUT2D eigenvalue weighted by molar-refractivity contribution is -0.00335. The van der Waals surface area contributed by atoms with Crippen molar-refractivity contribution in [2.24, 2.45) is 5.92 Å². The van der Waals surface area contributed by atoms with Crippen LogP contribution in [0.3, 0.4) is 0 Å². The number of rotatable bonds is 6. The Kier molecular flexibility index (Phi) is 5.18. The number of benzene rings is 1. The number of hydrogen-bond acceptors (Lipinski definition) is 3. The number of likely N-dealkylation sites (tertiary alicyclic amines) is 1. The van der Waals surface area contributed by atoms with Gasteiger partial charge >= 0.3 is 0 Å². The van der Waals surface area contributed by atoms with Crippen molar-refractivity contribution in [3.05, 3.63) is 29.3 Å². The van der Waals surface area contributed by atoms with Gasteiger partial charge in [-0.05, 0) is 87.2 Å². The van der Waals surface area contributed by atoms with Gasteiger partial charge in [-0.1, -0.05) is 32.8 Å². The van der Waals surface area contributed by atoms with Crippen LogP contribution in [0, 0.1) is 5.92 Å². The van der Waals surface area contributed by atoms with Crippen LogP contribution in [0.2, 0.25) is 0 Å². The number of hydrogen-bond donors (Lipinski definition) is 2. The molecule has 25 heavy (non-hydrogen) atoms. The van der Waals surface area contributed by atoms with Gasteiger partial charge in [0.15, 0.2) is 0 Å². The molecule has 0 aromatic heterocycles. The van der Waals surface area contributed by atoms with Gasteiger partial charge in [0, 0.05) is 6.04 Å². The van der Waals surface area contributed by atoms with Gasteiger partial charge in [0.2, 0.25) is 0 Å². The van der Waals surface area contributed by atoms with Gasteiger partial charge in [-0.15, -0.1) is 0 Å². The quantitative estimate of drug-likeness (QED) is 0.810. The molecule has 0 amide bonds. The Balaban J connectivity index is 1.85. The first-order valence-corrected chi connectivity index (χ1v) is 10.0. The second kappa shape index (κ2) is 6.92. The molecule has 3 rings (SSSR count). The van der Waals surface area contributed by atoms with Gasteiger partial charge in [-0.2, -0.15) is 0 Å². The second-order valence-electron chi connectivity index (χ2n) is 9.01. The normalized spacial score (nSPS) is 31.4. The van der Waals surface area contributed by atoms with Gasteiger partial charge in [-0.3, -0.25) is 0 Å². The SMILES string of the molecule is CCCCC(C)(O)CC[C@@H]1[C@H]2Cc3ccc(O)cc3[C@@]1(C)CCN2C. The summed E-state index contributed by atoms with van der Waals surface area (Å²) < 4.78 is 0. The van der Waals surface area contributed by atoms with Gasteiger partial charge in [0.25, 0.3) is 0 Å². The summed E-state index contributed by atoms with van der Waals surface area (Å²) in [4.78, 5) is 2.52. The lowest BCUT2D eigenvalue weighted by Crippen LogP contribution is -2.57. The fourth-order valence-electron chi connectivity index (χ4n) is 5.28. The van der Waals surface area contributed by atoms with Crippen LogP contribution in [0.25, 0.3) is 0 Å². The van der Waals surface area contributed by atoms with E-state index in [0.29, 0.717) is 17.7 Å². The lowest BCUT2D eigenvalue weighted by Gasteiger charge is -2.55. The molecule has 3 nitrogen and oxygen atoms in total. The van der Waals surface area contributed by atoms with E-state index in [1.807, 2.05) is 19.1 Å². The highest BCUT2D eigenvalue weighted by molar-refractivity contribution is 5.44. The first-order chi connectivity index (χ1) is 11.8. The third kappa shape index (κ3) is 3.59. The van der Waals surface area contributed by atoms with Gasteiger partial charge in [0.05, 0.1) is 5.60 Å². The minimum atomic E-state index is -0.557. The maximum atomic E-state index is 10.8. The van der Waals surface area contributed by atoms with Crippen LogP contribution >= 0.6 is 0 Å². The number of aliphatic hydroxyl groups is 1. The molecule has 1 aliphatic carbocycles. The van der Waals surface area contributed by atoms with Crippen molar-refractivity contribution in [2.45, 2.75) is 82.8 Å². The lowest BCUT2D eigenvalue weighted by atomic mass is 9.57. The summed E-state index contributed by atoms with van der Waals surface area (Å²) in [5.41, 5.74) is 2.28. The Morgan fingerprint density at radius 2 is 2.08 bits per heavy atom. The van der Waals surface area contributed by atoms with Crippen molar-refractivity contribution in [1.29, 1.82) is 0 Å². The summed E-state index contributed by atoms with van der Waals surface area (Å²) >= 11 is 0. The highest BCUT2D eigenvalue weighted by Gasteiger charge is 2.49. The molecule has 1 aliphatic heterocycles.